The molecule has 0 saturated heterocycles. The van der Waals surface area contributed by atoms with E-state index in [0.29, 0.717) is 12.8 Å². The standard InChI is InChI=1S/C12H20F3N3O/c1-2-5-18-6-4-17-11(18)8-10(16)3-7-19-9-12(13,14)15/h4,6,10H,2-3,5,7-9,16H2,1H3. The van der Waals surface area contributed by atoms with Crippen molar-refractivity contribution in [2.75, 3.05) is 13.2 Å². The Morgan fingerprint density at radius 1 is 1.47 bits per heavy atom. The lowest BCUT2D eigenvalue weighted by Crippen LogP contribution is -2.27. The maximum Gasteiger partial charge on any atom is 0.411 e. The number of aromatic nitrogens is 2. The second-order valence-corrected chi connectivity index (χ2v) is 4.46. The number of imidazole rings is 1. The summed E-state index contributed by atoms with van der Waals surface area (Å²) in [5.41, 5.74) is 5.87. The lowest BCUT2D eigenvalue weighted by molar-refractivity contribution is -0.174. The lowest BCUT2D eigenvalue weighted by atomic mass is 10.1. The first-order chi connectivity index (χ1) is 8.92. The van der Waals surface area contributed by atoms with Crippen molar-refractivity contribution in [3.8, 4) is 0 Å². The van der Waals surface area contributed by atoms with Gasteiger partial charge in [-0.2, -0.15) is 13.2 Å². The number of aryl methyl sites for hydroxylation is 1. The van der Waals surface area contributed by atoms with Crippen LogP contribution in [0.5, 0.6) is 0 Å². The molecular weight excluding hydrogens is 259 g/mol. The van der Waals surface area contributed by atoms with E-state index in [-0.39, 0.29) is 12.6 Å². The summed E-state index contributed by atoms with van der Waals surface area (Å²) in [7, 11) is 0. The predicted molar refractivity (Wildman–Crippen MR) is 65.7 cm³/mol. The van der Waals surface area contributed by atoms with Crippen molar-refractivity contribution in [3.05, 3.63) is 18.2 Å². The van der Waals surface area contributed by atoms with Crippen molar-refractivity contribution >= 4 is 0 Å². The molecule has 0 aliphatic rings. The SMILES string of the molecule is CCCn1ccnc1CC(N)CCOCC(F)(F)F. The number of hydrogen-bond acceptors (Lipinski definition) is 3. The topological polar surface area (TPSA) is 53.1 Å². The molecule has 0 bridgehead atoms. The smallest absolute Gasteiger partial charge is 0.372 e. The molecule has 1 atom stereocenters. The molecule has 1 aromatic heterocycles. The molecule has 1 heterocycles. The van der Waals surface area contributed by atoms with Crippen LogP contribution in [0.2, 0.25) is 0 Å². The second kappa shape index (κ2) is 7.49. The van der Waals surface area contributed by atoms with E-state index in [9.17, 15) is 13.2 Å². The third kappa shape index (κ3) is 6.58. The number of halogens is 3. The average Bonchev–Trinajstić information content (AvgIpc) is 2.72. The Labute approximate surface area is 110 Å². The molecule has 7 heteroatoms. The van der Waals surface area contributed by atoms with Crippen LogP contribution in [-0.4, -0.2) is 35.0 Å². The van der Waals surface area contributed by atoms with Crippen molar-refractivity contribution in [2.45, 2.75) is 44.9 Å². The van der Waals surface area contributed by atoms with Gasteiger partial charge in [0.05, 0.1) is 0 Å². The second-order valence-electron chi connectivity index (χ2n) is 4.46. The zero-order chi connectivity index (χ0) is 14.3. The molecule has 1 unspecified atom stereocenters. The summed E-state index contributed by atoms with van der Waals surface area (Å²) >= 11 is 0. The Balaban J connectivity index is 2.27. The first kappa shape index (κ1) is 16.0. The Bertz CT molecular complexity index is 365. The van der Waals surface area contributed by atoms with E-state index < -0.39 is 12.8 Å². The van der Waals surface area contributed by atoms with Gasteiger partial charge in [0.1, 0.15) is 12.4 Å². The van der Waals surface area contributed by atoms with Gasteiger partial charge in [-0.1, -0.05) is 6.92 Å². The lowest BCUT2D eigenvalue weighted by Gasteiger charge is -2.13. The van der Waals surface area contributed by atoms with Crippen LogP contribution in [0.3, 0.4) is 0 Å². The van der Waals surface area contributed by atoms with E-state index in [1.807, 2.05) is 10.8 Å². The molecule has 110 valence electrons. The minimum Gasteiger partial charge on any atom is -0.372 e. The fraction of sp³-hybridized carbons (Fsp3) is 0.750. The summed E-state index contributed by atoms with van der Waals surface area (Å²) in [4.78, 5) is 4.20. The van der Waals surface area contributed by atoms with Gasteiger partial charge in [-0.05, 0) is 12.8 Å². The van der Waals surface area contributed by atoms with Crippen LogP contribution >= 0.6 is 0 Å². The molecule has 0 aromatic carbocycles. The van der Waals surface area contributed by atoms with E-state index in [2.05, 4.69) is 16.6 Å². The van der Waals surface area contributed by atoms with Gasteiger partial charge in [0.15, 0.2) is 0 Å². The normalized spacial score (nSPS) is 13.7. The van der Waals surface area contributed by atoms with Crippen molar-refractivity contribution in [1.82, 2.24) is 9.55 Å². The summed E-state index contributed by atoms with van der Waals surface area (Å²) in [6.45, 7) is 1.72. The first-order valence-corrected chi connectivity index (χ1v) is 6.32. The van der Waals surface area contributed by atoms with Crippen LogP contribution in [0, 0.1) is 0 Å². The van der Waals surface area contributed by atoms with E-state index in [4.69, 9.17) is 5.73 Å². The first-order valence-electron chi connectivity index (χ1n) is 6.32. The summed E-state index contributed by atoms with van der Waals surface area (Å²) in [6, 6.07) is -0.244. The van der Waals surface area contributed by atoms with Gasteiger partial charge in [-0.3, -0.25) is 0 Å². The summed E-state index contributed by atoms with van der Waals surface area (Å²) < 4.78 is 42.1. The molecule has 0 amide bonds. The van der Waals surface area contributed by atoms with Crippen LogP contribution < -0.4 is 5.73 Å². The number of rotatable bonds is 8. The van der Waals surface area contributed by atoms with Crippen LogP contribution in [0.15, 0.2) is 12.4 Å². The van der Waals surface area contributed by atoms with Gasteiger partial charge >= 0.3 is 6.18 Å². The summed E-state index contributed by atoms with van der Waals surface area (Å²) in [5, 5.41) is 0. The molecule has 2 N–H and O–H groups in total. The highest BCUT2D eigenvalue weighted by molar-refractivity contribution is 4.95. The van der Waals surface area contributed by atoms with Gasteiger partial charge in [0, 0.05) is 38.0 Å². The Morgan fingerprint density at radius 2 is 2.21 bits per heavy atom. The third-order valence-corrected chi connectivity index (χ3v) is 2.61. The van der Waals surface area contributed by atoms with Crippen molar-refractivity contribution in [2.24, 2.45) is 5.73 Å². The van der Waals surface area contributed by atoms with E-state index in [1.54, 1.807) is 6.20 Å². The molecule has 19 heavy (non-hydrogen) atoms. The zero-order valence-electron chi connectivity index (χ0n) is 11.0. The highest BCUT2D eigenvalue weighted by atomic mass is 19.4. The molecule has 1 rings (SSSR count). The number of ether oxygens (including phenoxy) is 1. The largest absolute Gasteiger partial charge is 0.411 e. The molecular formula is C12H20F3N3O. The van der Waals surface area contributed by atoms with Gasteiger partial charge in [-0.25, -0.2) is 4.98 Å². The van der Waals surface area contributed by atoms with Gasteiger partial charge in [0.25, 0.3) is 0 Å². The zero-order valence-corrected chi connectivity index (χ0v) is 11.0. The molecule has 1 aromatic rings. The number of nitrogens with zero attached hydrogens (tertiary/aromatic N) is 2. The fourth-order valence-electron chi connectivity index (χ4n) is 1.73. The minimum atomic E-state index is -4.28. The maximum atomic E-state index is 11.9. The molecule has 0 fully saturated rings. The van der Waals surface area contributed by atoms with Gasteiger partial charge in [-0.15, -0.1) is 0 Å². The Morgan fingerprint density at radius 3 is 2.84 bits per heavy atom. The van der Waals surface area contributed by atoms with Crippen molar-refractivity contribution in [3.63, 3.8) is 0 Å². The highest BCUT2D eigenvalue weighted by Gasteiger charge is 2.27. The average molecular weight is 279 g/mol. The number of hydrogen-bond donors (Lipinski definition) is 1. The third-order valence-electron chi connectivity index (χ3n) is 2.61. The molecule has 0 aliphatic heterocycles. The van der Waals surface area contributed by atoms with Crippen molar-refractivity contribution < 1.29 is 17.9 Å². The van der Waals surface area contributed by atoms with E-state index in [0.717, 1.165) is 18.8 Å². The molecule has 0 spiro atoms. The van der Waals surface area contributed by atoms with E-state index in [1.165, 1.54) is 0 Å². The summed E-state index contributed by atoms with van der Waals surface area (Å²) in [6.07, 6.45) is 1.23. The van der Waals surface area contributed by atoms with Crippen LogP contribution in [0.4, 0.5) is 13.2 Å². The van der Waals surface area contributed by atoms with Crippen LogP contribution in [0.25, 0.3) is 0 Å². The fourth-order valence-corrected chi connectivity index (χ4v) is 1.73. The quantitative estimate of drug-likeness (QED) is 0.742. The van der Waals surface area contributed by atoms with Crippen molar-refractivity contribution in [1.29, 1.82) is 0 Å². The molecule has 0 radical (unpaired) electrons. The summed E-state index contributed by atoms with van der Waals surface area (Å²) in [5.74, 6) is 0.866. The van der Waals surface area contributed by atoms with Gasteiger partial charge < -0.3 is 15.0 Å². The number of nitrogens with two attached hydrogens (primary N) is 1. The van der Waals surface area contributed by atoms with Gasteiger partial charge in [0.2, 0.25) is 0 Å². The van der Waals surface area contributed by atoms with Crippen LogP contribution in [-0.2, 0) is 17.7 Å². The Hall–Kier alpha value is -1.08. The molecule has 0 saturated carbocycles. The number of alkyl halides is 3. The highest BCUT2D eigenvalue weighted by Crippen LogP contribution is 2.14. The van der Waals surface area contributed by atoms with E-state index >= 15 is 0 Å². The molecule has 4 nitrogen and oxygen atoms in total. The minimum absolute atomic E-state index is 0.00909. The Kier molecular flexibility index (Phi) is 6.30. The maximum absolute atomic E-state index is 11.9. The molecule has 0 aliphatic carbocycles. The van der Waals surface area contributed by atoms with Crippen LogP contribution in [0.1, 0.15) is 25.6 Å². The predicted octanol–water partition coefficient (Wildman–Crippen LogP) is 2.13. The monoisotopic (exact) mass is 279 g/mol.